The number of fused-ring (bicyclic) bond motifs is 1. The summed E-state index contributed by atoms with van der Waals surface area (Å²) in [6, 6.07) is 7.95. The first-order chi connectivity index (χ1) is 7.36. The number of para-hydroxylation sites is 2. The van der Waals surface area contributed by atoms with E-state index in [1.807, 2.05) is 35.9 Å². The van der Waals surface area contributed by atoms with E-state index in [1.165, 1.54) is 0 Å². The Balaban J connectivity index is 2.33. The molecule has 0 amide bonds. The molecule has 1 aromatic carbocycles. The normalized spacial score (nSPS) is 11.0. The van der Waals surface area contributed by atoms with Crippen molar-refractivity contribution in [2.45, 2.75) is 0 Å². The van der Waals surface area contributed by atoms with Gasteiger partial charge in [0.2, 0.25) is 0 Å². The topological polar surface area (TPSA) is 43.9 Å². The van der Waals surface area contributed by atoms with E-state index in [1.54, 1.807) is 12.5 Å². The second kappa shape index (κ2) is 2.95. The van der Waals surface area contributed by atoms with Gasteiger partial charge < -0.3 is 8.98 Å². The van der Waals surface area contributed by atoms with Crippen molar-refractivity contribution in [1.82, 2.24) is 14.5 Å². The molecule has 0 N–H and O–H groups in total. The predicted octanol–water partition coefficient (Wildman–Crippen LogP) is 2.23. The van der Waals surface area contributed by atoms with Gasteiger partial charge in [0.25, 0.3) is 5.89 Å². The average Bonchev–Trinajstić information content (AvgIpc) is 2.87. The monoisotopic (exact) mass is 199 g/mol. The third kappa shape index (κ3) is 1.15. The first-order valence-electron chi connectivity index (χ1n) is 4.67. The van der Waals surface area contributed by atoms with Gasteiger partial charge in [0.15, 0.2) is 5.82 Å². The number of aryl methyl sites for hydroxylation is 1. The van der Waals surface area contributed by atoms with Crippen molar-refractivity contribution in [3.8, 4) is 11.7 Å². The summed E-state index contributed by atoms with van der Waals surface area (Å²) in [5, 5.41) is 0. The smallest absolute Gasteiger partial charge is 0.263 e. The quantitative estimate of drug-likeness (QED) is 0.603. The fourth-order valence-electron chi connectivity index (χ4n) is 1.67. The Kier molecular flexibility index (Phi) is 1.62. The molecule has 3 rings (SSSR count). The number of imidazole rings is 1. The van der Waals surface area contributed by atoms with Gasteiger partial charge in [-0.05, 0) is 12.1 Å². The van der Waals surface area contributed by atoms with E-state index < -0.39 is 0 Å². The first kappa shape index (κ1) is 8.23. The second-order valence-electron chi connectivity index (χ2n) is 3.32. The summed E-state index contributed by atoms with van der Waals surface area (Å²) in [4.78, 5) is 8.55. The van der Waals surface area contributed by atoms with Gasteiger partial charge in [-0.2, -0.15) is 0 Å². The molecule has 0 saturated carbocycles. The van der Waals surface area contributed by atoms with Crippen molar-refractivity contribution in [2.24, 2.45) is 7.05 Å². The van der Waals surface area contributed by atoms with E-state index in [-0.39, 0.29) is 0 Å². The molecular weight excluding hydrogens is 190 g/mol. The van der Waals surface area contributed by atoms with E-state index in [4.69, 9.17) is 4.42 Å². The van der Waals surface area contributed by atoms with Crippen LogP contribution in [0.2, 0.25) is 0 Å². The average molecular weight is 199 g/mol. The minimum absolute atomic E-state index is 0.550. The van der Waals surface area contributed by atoms with Gasteiger partial charge in [0, 0.05) is 7.05 Å². The van der Waals surface area contributed by atoms with Gasteiger partial charge in [-0.1, -0.05) is 12.1 Å². The maximum Gasteiger partial charge on any atom is 0.263 e. The lowest BCUT2D eigenvalue weighted by atomic mass is 10.3. The molecule has 0 bridgehead atoms. The maximum atomic E-state index is 5.24. The Bertz CT molecular complexity index is 595. The lowest BCUT2D eigenvalue weighted by molar-refractivity contribution is 0.566. The SMILES string of the molecule is Cn1c(-c2ncco2)nc2ccccc21. The number of aromatic nitrogens is 3. The third-order valence-corrected chi connectivity index (χ3v) is 2.41. The molecule has 0 fully saturated rings. The van der Waals surface area contributed by atoms with Gasteiger partial charge in [-0.15, -0.1) is 0 Å². The molecule has 2 heterocycles. The van der Waals surface area contributed by atoms with Crippen LogP contribution < -0.4 is 0 Å². The summed E-state index contributed by atoms with van der Waals surface area (Å²) in [7, 11) is 1.95. The molecule has 0 saturated heterocycles. The highest BCUT2D eigenvalue weighted by atomic mass is 16.3. The Labute approximate surface area is 86.2 Å². The highest BCUT2D eigenvalue weighted by molar-refractivity contribution is 5.79. The van der Waals surface area contributed by atoms with Crippen LogP contribution in [0.1, 0.15) is 0 Å². The highest BCUT2D eigenvalue weighted by Gasteiger charge is 2.12. The maximum absolute atomic E-state index is 5.24. The molecule has 0 unspecified atom stereocenters. The van der Waals surface area contributed by atoms with Crippen molar-refractivity contribution < 1.29 is 4.42 Å². The number of oxazole rings is 1. The molecule has 0 atom stereocenters. The number of hydrogen-bond acceptors (Lipinski definition) is 3. The van der Waals surface area contributed by atoms with Crippen LogP contribution in [0.5, 0.6) is 0 Å². The van der Waals surface area contributed by atoms with Gasteiger partial charge in [-0.3, -0.25) is 0 Å². The summed E-state index contributed by atoms with van der Waals surface area (Å²) >= 11 is 0. The van der Waals surface area contributed by atoms with Crippen LogP contribution in [-0.4, -0.2) is 14.5 Å². The van der Waals surface area contributed by atoms with Crippen molar-refractivity contribution in [2.75, 3.05) is 0 Å². The Morgan fingerprint density at radius 2 is 2.13 bits per heavy atom. The zero-order chi connectivity index (χ0) is 10.3. The van der Waals surface area contributed by atoms with Gasteiger partial charge in [-0.25, -0.2) is 9.97 Å². The highest BCUT2D eigenvalue weighted by Crippen LogP contribution is 2.21. The zero-order valence-electron chi connectivity index (χ0n) is 8.21. The van der Waals surface area contributed by atoms with E-state index >= 15 is 0 Å². The summed E-state index contributed by atoms with van der Waals surface area (Å²) in [5.41, 5.74) is 2.03. The van der Waals surface area contributed by atoms with Crippen molar-refractivity contribution >= 4 is 11.0 Å². The van der Waals surface area contributed by atoms with Crippen LogP contribution in [0.25, 0.3) is 22.7 Å². The first-order valence-corrected chi connectivity index (χ1v) is 4.67. The Morgan fingerprint density at radius 1 is 1.27 bits per heavy atom. The molecule has 15 heavy (non-hydrogen) atoms. The van der Waals surface area contributed by atoms with Crippen molar-refractivity contribution in [3.63, 3.8) is 0 Å². The molecule has 74 valence electrons. The zero-order valence-corrected chi connectivity index (χ0v) is 8.21. The van der Waals surface area contributed by atoms with Crippen molar-refractivity contribution in [1.29, 1.82) is 0 Å². The summed E-state index contributed by atoms with van der Waals surface area (Å²) in [6.45, 7) is 0. The molecule has 3 aromatic rings. The van der Waals surface area contributed by atoms with Crippen LogP contribution in [-0.2, 0) is 7.05 Å². The van der Waals surface area contributed by atoms with Gasteiger partial charge >= 0.3 is 0 Å². The molecule has 4 heteroatoms. The van der Waals surface area contributed by atoms with Crippen LogP contribution in [0.15, 0.2) is 41.1 Å². The van der Waals surface area contributed by atoms with E-state index in [0.717, 1.165) is 16.9 Å². The minimum Gasteiger partial charge on any atom is -0.442 e. The predicted molar refractivity (Wildman–Crippen MR) is 56.2 cm³/mol. The molecule has 0 aliphatic carbocycles. The number of nitrogens with zero attached hydrogens (tertiary/aromatic N) is 3. The van der Waals surface area contributed by atoms with E-state index in [9.17, 15) is 0 Å². The fourth-order valence-corrected chi connectivity index (χ4v) is 1.67. The molecule has 0 spiro atoms. The Hall–Kier alpha value is -2.10. The molecule has 0 radical (unpaired) electrons. The molecule has 0 aliphatic rings. The number of hydrogen-bond donors (Lipinski definition) is 0. The van der Waals surface area contributed by atoms with Crippen LogP contribution >= 0.6 is 0 Å². The number of rotatable bonds is 1. The third-order valence-electron chi connectivity index (χ3n) is 2.41. The van der Waals surface area contributed by atoms with Crippen molar-refractivity contribution in [3.05, 3.63) is 36.7 Å². The van der Waals surface area contributed by atoms with Gasteiger partial charge in [0.1, 0.15) is 6.26 Å². The lowest BCUT2D eigenvalue weighted by Gasteiger charge is -1.96. The minimum atomic E-state index is 0.550. The molecule has 2 aromatic heterocycles. The summed E-state index contributed by atoms with van der Waals surface area (Å²) in [6.07, 6.45) is 3.17. The van der Waals surface area contributed by atoms with Crippen LogP contribution in [0, 0.1) is 0 Å². The van der Waals surface area contributed by atoms with Crippen LogP contribution in [0.4, 0.5) is 0 Å². The molecular formula is C11H9N3O. The van der Waals surface area contributed by atoms with E-state index in [0.29, 0.717) is 5.89 Å². The molecule has 4 nitrogen and oxygen atoms in total. The summed E-state index contributed by atoms with van der Waals surface area (Å²) in [5.74, 6) is 1.30. The van der Waals surface area contributed by atoms with E-state index in [2.05, 4.69) is 9.97 Å². The standard InChI is InChI=1S/C11H9N3O/c1-14-9-5-3-2-4-8(9)13-10(14)11-12-6-7-15-11/h2-7H,1H3. The van der Waals surface area contributed by atoms with Gasteiger partial charge in [0.05, 0.1) is 17.2 Å². The number of benzene rings is 1. The van der Waals surface area contributed by atoms with Crippen LogP contribution in [0.3, 0.4) is 0 Å². The largest absolute Gasteiger partial charge is 0.442 e. The summed E-state index contributed by atoms with van der Waals surface area (Å²) < 4.78 is 7.21. The second-order valence-corrected chi connectivity index (χ2v) is 3.32. The molecule has 0 aliphatic heterocycles. The Morgan fingerprint density at radius 3 is 2.87 bits per heavy atom. The fraction of sp³-hybridized carbons (Fsp3) is 0.0909. The lowest BCUT2D eigenvalue weighted by Crippen LogP contribution is -1.91.